The minimum absolute atomic E-state index is 0.581. The van der Waals surface area contributed by atoms with Crippen molar-refractivity contribution in [1.29, 1.82) is 0 Å². The molecule has 4 nitrogen and oxygen atoms in total. The van der Waals surface area contributed by atoms with Crippen molar-refractivity contribution in [2.45, 2.75) is 12.3 Å². The van der Waals surface area contributed by atoms with Gasteiger partial charge in [0.15, 0.2) is 0 Å². The summed E-state index contributed by atoms with van der Waals surface area (Å²) in [6, 6.07) is 6.17. The number of benzene rings is 1. The highest BCUT2D eigenvalue weighted by atomic mass is 35.5. The van der Waals surface area contributed by atoms with E-state index in [4.69, 9.17) is 11.6 Å². The third-order valence-corrected chi connectivity index (χ3v) is 3.47. The Bertz CT molecular complexity index is 503. The van der Waals surface area contributed by atoms with Crippen molar-refractivity contribution in [3.63, 3.8) is 0 Å². The molecule has 2 heterocycles. The molecule has 0 radical (unpaired) electrons. The highest BCUT2D eigenvalue weighted by molar-refractivity contribution is 6.32. The van der Waals surface area contributed by atoms with Gasteiger partial charge in [0.2, 0.25) is 0 Å². The molecule has 17 heavy (non-hydrogen) atoms. The number of hydrogen-bond donors (Lipinski definition) is 1. The zero-order valence-electron chi connectivity index (χ0n) is 9.31. The summed E-state index contributed by atoms with van der Waals surface area (Å²) in [5, 5.41) is 8.17. The SMILES string of the molecule is Clc1cc(C2CCNC2)ccc1-n1cncn1. The number of nitrogens with one attached hydrogen (secondary N) is 1. The van der Waals surface area contributed by atoms with E-state index in [0.717, 1.165) is 23.8 Å². The van der Waals surface area contributed by atoms with Crippen LogP contribution in [-0.4, -0.2) is 27.9 Å². The van der Waals surface area contributed by atoms with Gasteiger partial charge in [0.1, 0.15) is 12.7 Å². The molecule has 0 amide bonds. The van der Waals surface area contributed by atoms with Gasteiger partial charge in [0.25, 0.3) is 0 Å². The molecule has 1 fully saturated rings. The molecule has 1 aliphatic rings. The highest BCUT2D eigenvalue weighted by Gasteiger charge is 2.17. The van der Waals surface area contributed by atoms with Crippen molar-refractivity contribution in [2.24, 2.45) is 0 Å². The van der Waals surface area contributed by atoms with Crippen molar-refractivity contribution < 1.29 is 0 Å². The Balaban J connectivity index is 1.94. The maximum Gasteiger partial charge on any atom is 0.138 e. The van der Waals surface area contributed by atoms with E-state index in [-0.39, 0.29) is 0 Å². The third-order valence-electron chi connectivity index (χ3n) is 3.17. The maximum absolute atomic E-state index is 6.29. The Morgan fingerprint density at radius 1 is 1.41 bits per heavy atom. The number of nitrogens with zero attached hydrogens (tertiary/aromatic N) is 3. The third kappa shape index (κ3) is 2.06. The number of rotatable bonds is 2. The fourth-order valence-electron chi connectivity index (χ4n) is 2.23. The highest BCUT2D eigenvalue weighted by Crippen LogP contribution is 2.28. The topological polar surface area (TPSA) is 42.7 Å². The predicted molar refractivity (Wildman–Crippen MR) is 66.6 cm³/mol. The minimum Gasteiger partial charge on any atom is -0.316 e. The lowest BCUT2D eigenvalue weighted by Crippen LogP contribution is -2.08. The van der Waals surface area contributed by atoms with Crippen LogP contribution >= 0.6 is 11.6 Å². The second-order valence-electron chi connectivity index (χ2n) is 4.24. The summed E-state index contributed by atoms with van der Waals surface area (Å²) in [6.07, 6.45) is 4.34. The molecule has 2 aromatic rings. The molecule has 1 aromatic heterocycles. The lowest BCUT2D eigenvalue weighted by Gasteiger charge is -2.11. The van der Waals surface area contributed by atoms with Gasteiger partial charge in [-0.2, -0.15) is 5.10 Å². The van der Waals surface area contributed by atoms with Gasteiger partial charge in [-0.3, -0.25) is 0 Å². The lowest BCUT2D eigenvalue weighted by atomic mass is 9.98. The molecule has 1 atom stereocenters. The van der Waals surface area contributed by atoms with Crippen LogP contribution in [0.25, 0.3) is 5.69 Å². The fourth-order valence-corrected chi connectivity index (χ4v) is 2.51. The number of hydrogen-bond acceptors (Lipinski definition) is 3. The molecule has 1 unspecified atom stereocenters. The van der Waals surface area contributed by atoms with Crippen LogP contribution in [-0.2, 0) is 0 Å². The normalized spacial score (nSPS) is 19.7. The molecule has 3 rings (SSSR count). The first-order valence-corrected chi connectivity index (χ1v) is 6.07. The van der Waals surface area contributed by atoms with Gasteiger partial charge in [-0.1, -0.05) is 17.7 Å². The molecule has 0 spiro atoms. The van der Waals surface area contributed by atoms with E-state index in [1.165, 1.54) is 18.3 Å². The van der Waals surface area contributed by atoms with Gasteiger partial charge in [0, 0.05) is 6.54 Å². The summed E-state index contributed by atoms with van der Waals surface area (Å²) in [6.45, 7) is 2.13. The Morgan fingerprint density at radius 2 is 2.35 bits per heavy atom. The smallest absolute Gasteiger partial charge is 0.138 e. The van der Waals surface area contributed by atoms with Crippen molar-refractivity contribution in [1.82, 2.24) is 20.1 Å². The predicted octanol–water partition coefficient (Wildman–Crippen LogP) is 2.00. The van der Waals surface area contributed by atoms with Gasteiger partial charge in [-0.05, 0) is 36.6 Å². The second kappa shape index (κ2) is 4.47. The molecule has 1 saturated heterocycles. The average molecular weight is 249 g/mol. The summed E-state index contributed by atoms with van der Waals surface area (Å²) in [5.41, 5.74) is 2.17. The molecule has 88 valence electrons. The first-order chi connectivity index (χ1) is 8.34. The fraction of sp³-hybridized carbons (Fsp3) is 0.333. The molecular formula is C12H13ClN4. The number of aromatic nitrogens is 3. The first-order valence-electron chi connectivity index (χ1n) is 5.70. The molecule has 1 aliphatic heterocycles. The van der Waals surface area contributed by atoms with Crippen LogP contribution in [0.2, 0.25) is 5.02 Å². The maximum atomic E-state index is 6.29. The van der Waals surface area contributed by atoms with E-state index in [1.54, 1.807) is 11.0 Å². The largest absolute Gasteiger partial charge is 0.316 e. The van der Waals surface area contributed by atoms with Crippen molar-refractivity contribution >= 4 is 11.6 Å². The van der Waals surface area contributed by atoms with Crippen molar-refractivity contribution in [3.8, 4) is 5.69 Å². The first kappa shape index (κ1) is 10.7. The Labute approximate surface area is 105 Å². The minimum atomic E-state index is 0.581. The summed E-state index contributed by atoms with van der Waals surface area (Å²) in [4.78, 5) is 3.92. The monoisotopic (exact) mass is 248 g/mol. The van der Waals surface area contributed by atoms with Gasteiger partial charge in [-0.15, -0.1) is 0 Å². The standard InChI is InChI=1S/C12H13ClN4/c13-11-5-9(10-3-4-14-6-10)1-2-12(11)17-8-15-7-16-17/h1-2,5,7-8,10,14H,3-4,6H2. The van der Waals surface area contributed by atoms with Crippen LogP contribution in [0.15, 0.2) is 30.9 Å². The summed E-state index contributed by atoms with van der Waals surface area (Å²) >= 11 is 6.29. The van der Waals surface area contributed by atoms with Gasteiger partial charge in [-0.25, -0.2) is 9.67 Å². The van der Waals surface area contributed by atoms with Crippen molar-refractivity contribution in [3.05, 3.63) is 41.4 Å². The Hall–Kier alpha value is -1.39. The quantitative estimate of drug-likeness (QED) is 0.884. The van der Waals surface area contributed by atoms with Crippen LogP contribution in [0.3, 0.4) is 0 Å². The van der Waals surface area contributed by atoms with E-state index < -0.39 is 0 Å². The summed E-state index contributed by atoms with van der Waals surface area (Å²) in [7, 11) is 0. The van der Waals surface area contributed by atoms with Crippen LogP contribution in [0, 0.1) is 0 Å². The van der Waals surface area contributed by atoms with E-state index >= 15 is 0 Å². The van der Waals surface area contributed by atoms with Gasteiger partial charge >= 0.3 is 0 Å². The van der Waals surface area contributed by atoms with E-state index in [2.05, 4.69) is 21.5 Å². The lowest BCUT2D eigenvalue weighted by molar-refractivity contribution is 0.762. The summed E-state index contributed by atoms with van der Waals surface area (Å²) in [5.74, 6) is 0.581. The Kier molecular flexibility index (Phi) is 2.82. The molecule has 1 aromatic carbocycles. The van der Waals surface area contributed by atoms with E-state index in [9.17, 15) is 0 Å². The molecule has 5 heteroatoms. The molecule has 1 N–H and O–H groups in total. The number of halogens is 1. The zero-order chi connectivity index (χ0) is 11.7. The molecule has 0 aliphatic carbocycles. The van der Waals surface area contributed by atoms with Crippen LogP contribution in [0.4, 0.5) is 0 Å². The second-order valence-corrected chi connectivity index (χ2v) is 4.65. The molecule has 0 saturated carbocycles. The Morgan fingerprint density at radius 3 is 3.00 bits per heavy atom. The molecule has 0 bridgehead atoms. The van der Waals surface area contributed by atoms with Crippen LogP contribution in [0.5, 0.6) is 0 Å². The van der Waals surface area contributed by atoms with Crippen molar-refractivity contribution in [2.75, 3.05) is 13.1 Å². The van der Waals surface area contributed by atoms with Gasteiger partial charge in [0.05, 0.1) is 10.7 Å². The van der Waals surface area contributed by atoms with Gasteiger partial charge < -0.3 is 5.32 Å². The van der Waals surface area contributed by atoms with E-state index in [1.807, 2.05) is 12.1 Å². The summed E-state index contributed by atoms with van der Waals surface area (Å²) < 4.78 is 1.68. The average Bonchev–Trinajstić information content (AvgIpc) is 3.02. The van der Waals surface area contributed by atoms with E-state index in [0.29, 0.717) is 5.92 Å². The zero-order valence-corrected chi connectivity index (χ0v) is 10.1. The van der Waals surface area contributed by atoms with Crippen LogP contribution < -0.4 is 5.32 Å². The van der Waals surface area contributed by atoms with Crippen LogP contribution in [0.1, 0.15) is 17.9 Å². The molecular weight excluding hydrogens is 236 g/mol.